The van der Waals surface area contributed by atoms with Gasteiger partial charge in [0.1, 0.15) is 3.51 Å². The Hall–Kier alpha value is -1.82. The quantitative estimate of drug-likeness (QED) is 0.793. The van der Waals surface area contributed by atoms with Crippen LogP contribution in [0.4, 0.5) is 5.69 Å². The van der Waals surface area contributed by atoms with Crippen LogP contribution in [0.1, 0.15) is 10.4 Å². The zero-order valence-electron chi connectivity index (χ0n) is 9.89. The number of ketones is 1. The van der Waals surface area contributed by atoms with Crippen molar-refractivity contribution < 1.29 is 9.59 Å². The van der Waals surface area contributed by atoms with Gasteiger partial charge in [0.15, 0.2) is 0 Å². The maximum absolute atomic E-state index is 12.4. The molecule has 4 heteroatoms. The van der Waals surface area contributed by atoms with E-state index >= 15 is 0 Å². The number of para-hydroxylation sites is 1. The number of carbonyl (C=O) groups excluding carboxylic acids is 2. The monoisotopic (exact) mass is 363 g/mol. The van der Waals surface area contributed by atoms with Crippen molar-refractivity contribution >= 4 is 41.6 Å². The highest BCUT2D eigenvalue weighted by molar-refractivity contribution is 14.2. The molecule has 0 unspecified atom stereocenters. The molecule has 1 amide bonds. The van der Waals surface area contributed by atoms with Crippen molar-refractivity contribution in [2.45, 2.75) is 0 Å². The number of hydrogen-bond acceptors (Lipinski definition) is 2. The van der Waals surface area contributed by atoms with Crippen LogP contribution in [0.2, 0.25) is 0 Å². The second kappa shape index (κ2) is 5.05. The Balaban J connectivity index is 2.07. The molecule has 1 heterocycles. The maximum atomic E-state index is 12.4. The van der Waals surface area contributed by atoms with E-state index in [1.54, 1.807) is 12.1 Å². The first-order chi connectivity index (χ1) is 9.25. The van der Waals surface area contributed by atoms with Crippen LogP contribution in [0.15, 0.2) is 54.6 Å². The van der Waals surface area contributed by atoms with Crippen LogP contribution in [-0.4, -0.2) is 15.2 Å². The van der Waals surface area contributed by atoms with Gasteiger partial charge in [0, 0.05) is 9.13 Å². The van der Waals surface area contributed by atoms with Gasteiger partial charge in [-0.1, -0.05) is 51.1 Å². The smallest absolute Gasteiger partial charge is 0.265 e. The van der Waals surface area contributed by atoms with Crippen LogP contribution in [0.25, 0.3) is 0 Å². The summed E-state index contributed by atoms with van der Waals surface area (Å²) in [7, 11) is 0. The van der Waals surface area contributed by atoms with Crippen LogP contribution in [-0.2, 0) is 4.79 Å². The molecule has 3 rings (SSSR count). The molecule has 2 aromatic rings. The standard InChI is InChI=1S/C15H10INO2/c18-14-11-8-4-5-9-12(11)17-15(19)13(14)16-10-6-2-1-3-7-10/h1-9H,(H,17,19). The third kappa shape index (κ3) is 2.35. The van der Waals surface area contributed by atoms with Crippen LogP contribution in [0.3, 0.4) is 0 Å². The highest BCUT2D eigenvalue weighted by atomic mass is 127. The van der Waals surface area contributed by atoms with Crippen LogP contribution in [0.5, 0.6) is 0 Å². The molecular formula is C15H10INO2. The molecule has 2 aromatic carbocycles. The third-order valence-corrected chi connectivity index (χ3v) is 5.62. The number of hydrogen-bond donors (Lipinski definition) is 1. The normalized spacial score (nSPS) is 16.5. The lowest BCUT2D eigenvalue weighted by Gasteiger charge is -2.17. The molecule has 0 spiro atoms. The summed E-state index contributed by atoms with van der Waals surface area (Å²) in [4.78, 5) is 24.4. The fourth-order valence-corrected chi connectivity index (χ4v) is 4.17. The SMILES string of the molecule is O=C1Nc2ccccc2C(=O)C1=Ic1ccccc1. The summed E-state index contributed by atoms with van der Waals surface area (Å²) in [5.41, 5.74) is 1.20. The highest BCUT2D eigenvalue weighted by Crippen LogP contribution is 2.25. The number of anilines is 1. The molecule has 19 heavy (non-hydrogen) atoms. The largest absolute Gasteiger partial charge is 0.321 e. The van der Waals surface area contributed by atoms with Gasteiger partial charge in [-0.05, 0) is 24.3 Å². The summed E-state index contributed by atoms with van der Waals surface area (Å²) < 4.78 is 1.47. The molecule has 0 saturated carbocycles. The molecule has 0 atom stereocenters. The molecule has 0 aromatic heterocycles. The van der Waals surface area contributed by atoms with Crippen LogP contribution in [0, 0.1) is 3.57 Å². The number of benzene rings is 2. The van der Waals surface area contributed by atoms with Crippen molar-refractivity contribution in [1.82, 2.24) is 0 Å². The van der Waals surface area contributed by atoms with E-state index in [2.05, 4.69) is 5.32 Å². The molecule has 3 nitrogen and oxygen atoms in total. The first-order valence-corrected chi connectivity index (χ1v) is 7.93. The molecule has 1 aliphatic heterocycles. The van der Waals surface area contributed by atoms with E-state index in [1.807, 2.05) is 42.5 Å². The van der Waals surface area contributed by atoms with E-state index in [4.69, 9.17) is 0 Å². The lowest BCUT2D eigenvalue weighted by atomic mass is 10.0. The van der Waals surface area contributed by atoms with E-state index in [0.29, 0.717) is 14.8 Å². The van der Waals surface area contributed by atoms with Crippen LogP contribution < -0.4 is 5.32 Å². The van der Waals surface area contributed by atoms with Gasteiger partial charge in [-0.25, -0.2) is 0 Å². The Kier molecular flexibility index (Phi) is 3.25. The maximum Gasteiger partial charge on any atom is 0.265 e. The first-order valence-electron chi connectivity index (χ1n) is 5.77. The minimum absolute atomic E-state index is 0.129. The molecule has 0 radical (unpaired) electrons. The minimum atomic E-state index is -0.746. The Labute approximate surface area is 120 Å². The lowest BCUT2D eigenvalue weighted by Crippen LogP contribution is -2.34. The Morgan fingerprint density at radius 2 is 1.53 bits per heavy atom. The number of amides is 1. The molecule has 94 valence electrons. The Morgan fingerprint density at radius 3 is 2.32 bits per heavy atom. The van der Waals surface area contributed by atoms with Gasteiger partial charge >= 0.3 is 0 Å². The fourth-order valence-electron chi connectivity index (χ4n) is 1.86. The summed E-state index contributed by atoms with van der Waals surface area (Å²) in [5, 5.41) is 2.79. The molecule has 0 fully saturated rings. The van der Waals surface area contributed by atoms with Gasteiger partial charge < -0.3 is 5.32 Å². The molecule has 1 N–H and O–H groups in total. The topological polar surface area (TPSA) is 46.2 Å². The third-order valence-electron chi connectivity index (χ3n) is 2.76. The van der Waals surface area contributed by atoms with E-state index in [1.165, 1.54) is 0 Å². The van der Waals surface area contributed by atoms with E-state index < -0.39 is 20.7 Å². The van der Waals surface area contributed by atoms with Crippen molar-refractivity contribution in [3.8, 4) is 0 Å². The van der Waals surface area contributed by atoms with Crippen molar-refractivity contribution in [2.75, 3.05) is 5.32 Å². The van der Waals surface area contributed by atoms with Gasteiger partial charge in [-0.15, -0.1) is 0 Å². The number of carbonyl (C=O) groups is 2. The summed E-state index contributed by atoms with van der Waals surface area (Å²) in [5.74, 6) is -0.378. The second-order valence-corrected chi connectivity index (χ2v) is 6.90. The van der Waals surface area contributed by atoms with Crippen molar-refractivity contribution in [1.29, 1.82) is 0 Å². The summed E-state index contributed by atoms with van der Waals surface area (Å²) >= 11 is -0.746. The van der Waals surface area contributed by atoms with Crippen molar-refractivity contribution in [3.63, 3.8) is 0 Å². The highest BCUT2D eigenvalue weighted by Gasteiger charge is 2.28. The van der Waals surface area contributed by atoms with Gasteiger partial charge in [-0.3, -0.25) is 9.59 Å². The fraction of sp³-hybridized carbons (Fsp3) is 0. The predicted octanol–water partition coefficient (Wildman–Crippen LogP) is 2.83. The molecule has 0 saturated heterocycles. The van der Waals surface area contributed by atoms with Crippen LogP contribution >= 0.6 is 20.7 Å². The van der Waals surface area contributed by atoms with Gasteiger partial charge in [-0.2, -0.15) is 0 Å². The van der Waals surface area contributed by atoms with Crippen molar-refractivity contribution in [3.05, 3.63) is 63.7 Å². The van der Waals surface area contributed by atoms with Gasteiger partial charge in [0.2, 0.25) is 5.78 Å². The molecular weight excluding hydrogens is 353 g/mol. The summed E-state index contributed by atoms with van der Waals surface area (Å²) in [6.45, 7) is 0. The second-order valence-electron chi connectivity index (χ2n) is 4.03. The van der Waals surface area contributed by atoms with E-state index in [-0.39, 0.29) is 11.7 Å². The summed E-state index contributed by atoms with van der Waals surface area (Å²) in [6.07, 6.45) is 0. The molecule has 0 bridgehead atoms. The van der Waals surface area contributed by atoms with E-state index in [0.717, 1.165) is 3.57 Å². The van der Waals surface area contributed by atoms with Gasteiger partial charge in [0.25, 0.3) is 5.91 Å². The van der Waals surface area contributed by atoms with E-state index in [9.17, 15) is 9.59 Å². The number of fused-ring (bicyclic) bond motifs is 1. The average Bonchev–Trinajstić information content (AvgIpc) is 2.45. The number of Topliss-reactive ketones (excluding diaryl/α,β-unsaturated/α-hetero) is 1. The average molecular weight is 363 g/mol. The van der Waals surface area contributed by atoms with Gasteiger partial charge in [0.05, 0.1) is 5.69 Å². The number of halogens is 1. The minimum Gasteiger partial charge on any atom is -0.321 e. The number of rotatable bonds is 1. The zero-order chi connectivity index (χ0) is 13.2. The first kappa shape index (κ1) is 12.2. The number of nitrogens with one attached hydrogen (secondary N) is 1. The zero-order valence-corrected chi connectivity index (χ0v) is 12.0. The molecule has 0 aliphatic carbocycles. The molecule has 1 aliphatic rings. The predicted molar refractivity (Wildman–Crippen MR) is 83.6 cm³/mol. The Bertz CT molecular complexity index is 692. The van der Waals surface area contributed by atoms with Crippen molar-refractivity contribution in [2.24, 2.45) is 0 Å². The lowest BCUT2D eigenvalue weighted by molar-refractivity contribution is -0.110. The Morgan fingerprint density at radius 1 is 0.842 bits per heavy atom. The summed E-state index contributed by atoms with van der Waals surface area (Å²) in [6, 6.07) is 16.8.